The van der Waals surface area contributed by atoms with E-state index in [0.29, 0.717) is 11.7 Å². The number of urea groups is 1. The lowest BCUT2D eigenvalue weighted by Gasteiger charge is -2.36. The Labute approximate surface area is 126 Å². The number of aliphatic imine (C=N–C) groups is 1. The van der Waals surface area contributed by atoms with Gasteiger partial charge in [0.25, 0.3) is 5.91 Å². The molecule has 0 saturated carbocycles. The Morgan fingerprint density at radius 1 is 1.48 bits per heavy atom. The van der Waals surface area contributed by atoms with Gasteiger partial charge < -0.3 is 14.9 Å². The first-order chi connectivity index (χ1) is 9.81. The van der Waals surface area contributed by atoms with E-state index in [1.54, 1.807) is 11.9 Å². The van der Waals surface area contributed by atoms with Gasteiger partial charge in [0.15, 0.2) is 17.4 Å². The molecule has 0 radical (unpaired) electrons. The minimum atomic E-state index is -0.948. The summed E-state index contributed by atoms with van der Waals surface area (Å²) in [7, 11) is 1.57. The number of nitrogens with zero attached hydrogens (tertiary/aromatic N) is 3. The van der Waals surface area contributed by atoms with E-state index in [1.165, 1.54) is 4.90 Å². The van der Waals surface area contributed by atoms with Crippen molar-refractivity contribution in [3.05, 3.63) is 0 Å². The summed E-state index contributed by atoms with van der Waals surface area (Å²) < 4.78 is 0. The first kappa shape index (κ1) is 15.6. The number of amidine groups is 1. The molecule has 116 valence electrons. The largest absolute Gasteiger partial charge is 0.481 e. The summed E-state index contributed by atoms with van der Waals surface area (Å²) in [6.07, 6.45) is -0.596. The summed E-state index contributed by atoms with van der Waals surface area (Å²) in [5.41, 5.74) is 0. The van der Waals surface area contributed by atoms with Crippen LogP contribution in [0.1, 0.15) is 13.8 Å². The number of imide groups is 1. The number of hydrogen-bond acceptors (Lipinski definition) is 6. The highest BCUT2D eigenvalue weighted by atomic mass is 32.2. The highest BCUT2D eigenvalue weighted by Gasteiger charge is 2.48. The van der Waals surface area contributed by atoms with Crippen molar-refractivity contribution < 1.29 is 19.5 Å². The summed E-state index contributed by atoms with van der Waals surface area (Å²) in [5, 5.41) is 11.6. The number of carboxylic acid groups (broad SMARTS) is 1. The van der Waals surface area contributed by atoms with E-state index in [1.807, 2.05) is 13.8 Å². The van der Waals surface area contributed by atoms with Gasteiger partial charge in [-0.25, -0.2) is 9.79 Å². The van der Waals surface area contributed by atoms with Crippen LogP contribution in [0.4, 0.5) is 4.79 Å². The quantitative estimate of drug-likeness (QED) is 0.758. The molecular formula is C12H18N4O4S. The van der Waals surface area contributed by atoms with Gasteiger partial charge in [-0.05, 0) is 5.92 Å². The number of thioether (sulfide) groups is 1. The van der Waals surface area contributed by atoms with E-state index in [-0.39, 0.29) is 11.7 Å². The predicted molar refractivity (Wildman–Crippen MR) is 78.0 cm³/mol. The van der Waals surface area contributed by atoms with Gasteiger partial charge in [0.05, 0.1) is 5.75 Å². The lowest BCUT2D eigenvalue weighted by Crippen LogP contribution is -2.63. The van der Waals surface area contributed by atoms with E-state index in [0.717, 1.165) is 11.8 Å². The van der Waals surface area contributed by atoms with E-state index >= 15 is 0 Å². The van der Waals surface area contributed by atoms with Crippen molar-refractivity contribution in [2.45, 2.75) is 26.1 Å². The fraction of sp³-hybridized carbons (Fsp3) is 0.667. The van der Waals surface area contributed by atoms with Gasteiger partial charge in [-0.3, -0.25) is 14.9 Å². The number of rotatable bonds is 4. The van der Waals surface area contributed by atoms with Gasteiger partial charge in [-0.2, -0.15) is 0 Å². The molecule has 0 aromatic rings. The Balaban J connectivity index is 2.26. The van der Waals surface area contributed by atoms with E-state index in [2.05, 4.69) is 10.3 Å². The normalized spacial score (nSPS) is 25.0. The number of nitrogens with one attached hydrogen (secondary N) is 1. The van der Waals surface area contributed by atoms with Crippen LogP contribution in [-0.2, 0) is 9.59 Å². The summed E-state index contributed by atoms with van der Waals surface area (Å²) in [6, 6.07) is -1.08. The average molecular weight is 314 g/mol. The topological polar surface area (TPSA) is 102 Å². The fourth-order valence-corrected chi connectivity index (χ4v) is 3.12. The maximum Gasteiger partial charge on any atom is 0.325 e. The van der Waals surface area contributed by atoms with E-state index in [4.69, 9.17) is 5.11 Å². The van der Waals surface area contributed by atoms with Crippen LogP contribution in [0.25, 0.3) is 0 Å². The van der Waals surface area contributed by atoms with Crippen LogP contribution in [0, 0.1) is 5.92 Å². The summed E-state index contributed by atoms with van der Waals surface area (Å²) >= 11 is 1.07. The van der Waals surface area contributed by atoms with Gasteiger partial charge >= 0.3 is 12.0 Å². The van der Waals surface area contributed by atoms with Crippen LogP contribution in [0.3, 0.4) is 0 Å². The van der Waals surface area contributed by atoms with Crippen molar-refractivity contribution in [2.24, 2.45) is 10.9 Å². The highest BCUT2D eigenvalue weighted by Crippen LogP contribution is 2.29. The van der Waals surface area contributed by atoms with Gasteiger partial charge in [0, 0.05) is 13.6 Å². The number of likely N-dealkylation sites (N-methyl/N-ethyl adjacent to an activating group) is 1. The van der Waals surface area contributed by atoms with Crippen molar-refractivity contribution in [2.75, 3.05) is 19.3 Å². The fourth-order valence-electron chi connectivity index (χ4n) is 2.33. The zero-order valence-electron chi connectivity index (χ0n) is 12.1. The van der Waals surface area contributed by atoms with Gasteiger partial charge in [-0.15, -0.1) is 0 Å². The van der Waals surface area contributed by atoms with E-state index < -0.39 is 30.1 Å². The van der Waals surface area contributed by atoms with Crippen LogP contribution in [0.5, 0.6) is 0 Å². The standard InChI is InChI=1S/C12H18N4O4S/c1-6(2)4-16-8-9(13-12(16)21-5-7(17)18)15(3)11(20)14-10(8)19/h6,8-9H,4-5H2,1-3H3,(H,17,18)(H,14,19,20). The van der Waals surface area contributed by atoms with Crippen molar-refractivity contribution in [1.29, 1.82) is 0 Å². The summed E-state index contributed by atoms with van der Waals surface area (Å²) in [5.74, 6) is -1.20. The lowest BCUT2D eigenvalue weighted by atomic mass is 10.1. The zero-order valence-corrected chi connectivity index (χ0v) is 12.9. The lowest BCUT2D eigenvalue weighted by molar-refractivity contribution is -0.134. The molecule has 0 aromatic carbocycles. The summed E-state index contributed by atoms with van der Waals surface area (Å²) in [6.45, 7) is 4.58. The van der Waals surface area contributed by atoms with Crippen molar-refractivity contribution in [3.63, 3.8) is 0 Å². The van der Waals surface area contributed by atoms with Crippen molar-refractivity contribution in [3.8, 4) is 0 Å². The van der Waals surface area contributed by atoms with Gasteiger partial charge in [-0.1, -0.05) is 25.6 Å². The minimum absolute atomic E-state index is 0.133. The number of fused-ring (bicyclic) bond motifs is 1. The molecule has 0 bridgehead atoms. The first-order valence-electron chi connectivity index (χ1n) is 6.58. The maximum absolute atomic E-state index is 12.1. The van der Waals surface area contributed by atoms with E-state index in [9.17, 15) is 14.4 Å². The Morgan fingerprint density at radius 3 is 2.71 bits per heavy atom. The monoisotopic (exact) mass is 314 g/mol. The number of amides is 3. The molecule has 3 amide bonds. The van der Waals surface area contributed by atoms with Gasteiger partial charge in [0.2, 0.25) is 0 Å². The SMILES string of the molecule is CC(C)CN1C(SCC(=O)O)=NC2C1C(=O)NC(=O)N2C. The molecule has 2 rings (SSSR count). The van der Waals surface area contributed by atoms with Crippen LogP contribution in [0.15, 0.2) is 4.99 Å². The van der Waals surface area contributed by atoms with Gasteiger partial charge in [0.1, 0.15) is 0 Å². The summed E-state index contributed by atoms with van der Waals surface area (Å²) in [4.78, 5) is 42.1. The third-order valence-corrected chi connectivity index (χ3v) is 4.20. The zero-order chi connectivity index (χ0) is 15.7. The maximum atomic E-state index is 12.1. The Kier molecular flexibility index (Phi) is 4.40. The van der Waals surface area contributed by atoms with Crippen molar-refractivity contribution in [1.82, 2.24) is 15.1 Å². The molecule has 1 saturated heterocycles. The third-order valence-electron chi connectivity index (χ3n) is 3.21. The number of carbonyl (C=O) groups excluding carboxylic acids is 2. The second kappa shape index (κ2) is 5.92. The molecule has 0 aromatic heterocycles. The Hall–Kier alpha value is -1.77. The van der Waals surface area contributed by atoms with Crippen LogP contribution in [0.2, 0.25) is 0 Å². The Morgan fingerprint density at radius 2 is 2.14 bits per heavy atom. The van der Waals surface area contributed by atoms with Crippen molar-refractivity contribution >= 4 is 34.8 Å². The Bertz CT molecular complexity index is 507. The number of hydrogen-bond donors (Lipinski definition) is 2. The molecule has 2 N–H and O–H groups in total. The molecule has 21 heavy (non-hydrogen) atoms. The van der Waals surface area contributed by atoms with Crippen LogP contribution in [-0.4, -0.2) is 69.5 Å². The first-order valence-corrected chi connectivity index (χ1v) is 7.56. The third kappa shape index (κ3) is 3.12. The molecule has 2 aliphatic heterocycles. The molecule has 0 aliphatic carbocycles. The second-order valence-electron chi connectivity index (χ2n) is 5.40. The minimum Gasteiger partial charge on any atom is -0.481 e. The molecule has 0 spiro atoms. The number of aliphatic carboxylic acids is 1. The molecule has 2 unspecified atom stereocenters. The molecule has 1 fully saturated rings. The second-order valence-corrected chi connectivity index (χ2v) is 6.35. The number of carbonyl (C=O) groups is 3. The molecule has 8 nitrogen and oxygen atoms in total. The number of carboxylic acids is 1. The highest BCUT2D eigenvalue weighted by molar-refractivity contribution is 8.14. The molecule has 9 heteroatoms. The molecule has 2 heterocycles. The van der Waals surface area contributed by atoms with Crippen LogP contribution >= 0.6 is 11.8 Å². The molecule has 2 atom stereocenters. The smallest absolute Gasteiger partial charge is 0.325 e. The predicted octanol–water partition coefficient (Wildman–Crippen LogP) is 0.00810. The van der Waals surface area contributed by atoms with Crippen LogP contribution < -0.4 is 5.32 Å². The molecule has 2 aliphatic rings. The molecular weight excluding hydrogens is 296 g/mol. The average Bonchev–Trinajstić information content (AvgIpc) is 2.72.